The SMILES string of the molecule is CCc1c(Cl)cc([N+](=O)[O-])c(CC)c1N.CCc1c(Cl)cc([N+](=O)[O-])c(CC)c1NC(=O)N(Cc1ccc(Cl)cc1)c1ccc(N(C)C(=O)Oc2ccccc2)cc1.CN(C(=O)Oc1ccccc1)c1ccc(NCc2ccc(Cl)cc2)cc1. The standard InChI is InChI=1S/C32H30Cl2N4O5.C21H19ClN2O2.C10H13ClN2O2/c1-4-26-28(34)19-29(38(41)42)27(5-2)30(26)35-31(39)37(20-21-11-13-22(33)14-12-21)24-17-15-23(16-18-24)36(3)32(40)43-25-9-7-6-8-10-25;1-24(21(25)26-20-5-3-2-4-6-20)19-13-11-18(12-14-19)23-15-16-7-9-17(22)10-8-16;1-3-6-8(11)5-9(13(14)15)7(4-2)10(6)12/h6-19H,4-5,20H2,1-3H3,(H,35,39);2-14,23H,15H2,1H3;5H,3-4,12H2,1-2H3. The summed E-state index contributed by atoms with van der Waals surface area (Å²) in [7, 11) is 3.27. The first-order chi connectivity index (χ1) is 40.3. The molecule has 0 spiro atoms. The van der Waals surface area contributed by atoms with Gasteiger partial charge in [0.15, 0.2) is 0 Å². The van der Waals surface area contributed by atoms with Gasteiger partial charge in [-0.3, -0.25) is 34.9 Å². The molecular weight excluding hydrogens is 1150 g/mol. The molecule has 0 atom stereocenters. The van der Waals surface area contributed by atoms with Crippen molar-refractivity contribution in [3.05, 3.63) is 244 Å². The zero-order valence-electron chi connectivity index (χ0n) is 46.9. The fourth-order valence-corrected chi connectivity index (χ4v) is 9.52. The van der Waals surface area contributed by atoms with E-state index in [0.29, 0.717) is 93.2 Å². The molecule has 0 aliphatic rings. The van der Waals surface area contributed by atoms with Crippen LogP contribution >= 0.6 is 46.4 Å². The van der Waals surface area contributed by atoms with E-state index >= 15 is 0 Å². The highest BCUT2D eigenvalue weighted by atomic mass is 35.5. The molecule has 8 aromatic carbocycles. The van der Waals surface area contributed by atoms with Crippen LogP contribution in [0.25, 0.3) is 0 Å². The van der Waals surface area contributed by atoms with Gasteiger partial charge in [-0.25, -0.2) is 14.4 Å². The van der Waals surface area contributed by atoms with Crippen LogP contribution in [0.3, 0.4) is 0 Å². The molecule has 0 bridgehead atoms. The second-order valence-corrected chi connectivity index (χ2v) is 20.2. The molecule has 4 amide bonds. The van der Waals surface area contributed by atoms with E-state index in [0.717, 1.165) is 33.1 Å². The van der Waals surface area contributed by atoms with Gasteiger partial charge in [0, 0.05) is 71.3 Å². The summed E-state index contributed by atoms with van der Waals surface area (Å²) in [6.07, 6.45) is 0.973. The number of anilines is 6. The van der Waals surface area contributed by atoms with E-state index in [2.05, 4.69) is 10.6 Å². The van der Waals surface area contributed by atoms with Gasteiger partial charge in [-0.15, -0.1) is 0 Å². The first kappa shape index (κ1) is 64.3. The Bertz CT molecular complexity index is 3550. The molecular formula is C63H62Cl4N8O9. The summed E-state index contributed by atoms with van der Waals surface area (Å²) in [6.45, 7) is 8.28. The Morgan fingerprint density at radius 2 is 0.929 bits per heavy atom. The third-order valence-electron chi connectivity index (χ3n) is 13.2. The second-order valence-electron chi connectivity index (χ2n) is 18.6. The number of para-hydroxylation sites is 2. The highest BCUT2D eigenvalue weighted by molar-refractivity contribution is 6.33. The van der Waals surface area contributed by atoms with Crippen molar-refractivity contribution in [1.82, 2.24) is 0 Å². The molecule has 0 aliphatic carbocycles. The normalized spacial score (nSPS) is 10.5. The first-order valence-electron chi connectivity index (χ1n) is 26.5. The number of nitrogens with two attached hydrogens (primary N) is 1. The topological polar surface area (TPSA) is 216 Å². The lowest BCUT2D eigenvalue weighted by Crippen LogP contribution is -2.35. The Morgan fingerprint density at radius 3 is 1.37 bits per heavy atom. The first-order valence-corrected chi connectivity index (χ1v) is 28.0. The van der Waals surface area contributed by atoms with Crippen molar-refractivity contribution < 1.29 is 33.7 Å². The van der Waals surface area contributed by atoms with Crippen LogP contribution in [0.1, 0.15) is 61.1 Å². The number of nitro benzene ring substituents is 2. The predicted molar refractivity (Wildman–Crippen MR) is 338 cm³/mol. The molecule has 0 aliphatic heterocycles. The van der Waals surface area contributed by atoms with Crippen molar-refractivity contribution in [3.8, 4) is 11.5 Å². The summed E-state index contributed by atoms with van der Waals surface area (Å²) >= 11 is 24.3. The van der Waals surface area contributed by atoms with Crippen LogP contribution in [-0.4, -0.2) is 42.2 Å². The fourth-order valence-electron chi connectivity index (χ4n) is 8.60. The van der Waals surface area contributed by atoms with E-state index in [1.165, 1.54) is 26.8 Å². The maximum atomic E-state index is 13.9. The second kappa shape index (κ2) is 31.0. The largest absolute Gasteiger partial charge is 0.419 e. The van der Waals surface area contributed by atoms with Crippen LogP contribution in [0, 0.1) is 20.2 Å². The van der Waals surface area contributed by atoms with Gasteiger partial charge in [0.1, 0.15) is 11.5 Å². The predicted octanol–water partition coefficient (Wildman–Crippen LogP) is 17.4. The molecule has 17 nitrogen and oxygen atoms in total. The molecule has 8 rings (SSSR count). The van der Waals surface area contributed by atoms with Crippen molar-refractivity contribution in [2.24, 2.45) is 0 Å². The van der Waals surface area contributed by atoms with Crippen molar-refractivity contribution in [3.63, 3.8) is 0 Å². The number of hydrogen-bond acceptors (Lipinski definition) is 11. The average Bonchev–Trinajstić information content (AvgIpc) is 3.17. The number of nitrogens with zero attached hydrogens (tertiary/aromatic N) is 5. The summed E-state index contributed by atoms with van der Waals surface area (Å²) in [6, 6.07) is 49.1. The number of benzene rings is 8. The lowest BCUT2D eigenvalue weighted by Gasteiger charge is -2.26. The molecule has 8 aromatic rings. The molecule has 84 heavy (non-hydrogen) atoms. The smallest absolute Gasteiger partial charge is 0.410 e. The minimum Gasteiger partial charge on any atom is -0.410 e. The van der Waals surface area contributed by atoms with Crippen molar-refractivity contribution in [2.45, 2.75) is 66.5 Å². The minimum absolute atomic E-state index is 0.0113. The number of halogens is 4. The van der Waals surface area contributed by atoms with Gasteiger partial charge < -0.3 is 25.8 Å². The number of nitrogen functional groups attached to an aromatic ring is 1. The zero-order chi connectivity index (χ0) is 61.0. The Kier molecular flexibility index (Phi) is 23.7. The van der Waals surface area contributed by atoms with Crippen molar-refractivity contribution in [1.29, 1.82) is 0 Å². The molecule has 21 heteroatoms. The number of ether oxygens (including phenoxy) is 2. The highest BCUT2D eigenvalue weighted by Crippen LogP contribution is 2.38. The highest BCUT2D eigenvalue weighted by Gasteiger charge is 2.27. The number of nitrogens with one attached hydrogen (secondary N) is 2. The fraction of sp³-hybridized carbons (Fsp3) is 0.190. The van der Waals surface area contributed by atoms with E-state index in [1.54, 1.807) is 93.8 Å². The van der Waals surface area contributed by atoms with Crippen LogP contribution in [0.15, 0.2) is 170 Å². The van der Waals surface area contributed by atoms with Gasteiger partial charge in [-0.1, -0.05) is 135 Å². The van der Waals surface area contributed by atoms with Crippen LogP contribution < -0.4 is 40.5 Å². The van der Waals surface area contributed by atoms with E-state index in [-0.39, 0.29) is 22.9 Å². The Balaban J connectivity index is 0.000000232. The zero-order valence-corrected chi connectivity index (χ0v) is 49.9. The monoisotopic (exact) mass is 1210 g/mol. The summed E-state index contributed by atoms with van der Waals surface area (Å²) in [4.78, 5) is 64.8. The van der Waals surface area contributed by atoms with Crippen molar-refractivity contribution >= 4 is 110 Å². The number of rotatable bonds is 17. The van der Waals surface area contributed by atoms with Crippen LogP contribution in [-0.2, 0) is 38.8 Å². The average molecular weight is 1220 g/mol. The molecule has 0 heterocycles. The van der Waals surface area contributed by atoms with Crippen LogP contribution in [0.2, 0.25) is 20.1 Å². The van der Waals surface area contributed by atoms with Gasteiger partial charge >= 0.3 is 18.2 Å². The molecule has 0 fully saturated rings. The van der Waals surface area contributed by atoms with Crippen molar-refractivity contribution in [2.75, 3.05) is 45.2 Å². The molecule has 0 aromatic heterocycles. The third-order valence-corrected chi connectivity index (χ3v) is 14.4. The number of carbonyl (C=O) groups excluding carboxylic acids is 3. The summed E-state index contributed by atoms with van der Waals surface area (Å²) in [5.74, 6) is 0.937. The van der Waals surface area contributed by atoms with Gasteiger partial charge in [0.25, 0.3) is 11.4 Å². The molecule has 0 unspecified atom stereocenters. The van der Waals surface area contributed by atoms with E-state index in [4.69, 9.17) is 61.6 Å². The summed E-state index contributed by atoms with van der Waals surface area (Å²) in [5.41, 5.74) is 13.6. The number of urea groups is 1. The molecule has 0 saturated carbocycles. The van der Waals surface area contributed by atoms with Gasteiger partial charge in [0.05, 0.1) is 43.3 Å². The lowest BCUT2D eigenvalue weighted by molar-refractivity contribution is -0.385. The molecule has 0 radical (unpaired) electrons. The molecule has 436 valence electrons. The summed E-state index contributed by atoms with van der Waals surface area (Å²) in [5, 5.41) is 30.7. The Hall–Kier alpha value is -8.87. The van der Waals surface area contributed by atoms with Gasteiger partial charge in [-0.05, 0) is 145 Å². The number of carbonyl (C=O) groups is 3. The van der Waals surface area contributed by atoms with E-state index in [9.17, 15) is 34.6 Å². The molecule has 0 saturated heterocycles. The van der Waals surface area contributed by atoms with Gasteiger partial charge in [0.2, 0.25) is 0 Å². The summed E-state index contributed by atoms with van der Waals surface area (Å²) < 4.78 is 10.8. The number of hydrogen-bond donors (Lipinski definition) is 3. The number of amides is 4. The Labute approximate surface area is 507 Å². The van der Waals surface area contributed by atoms with Crippen LogP contribution in [0.4, 0.5) is 59.9 Å². The van der Waals surface area contributed by atoms with E-state index in [1.807, 2.05) is 106 Å². The maximum Gasteiger partial charge on any atom is 0.419 e. The third kappa shape index (κ3) is 17.3. The minimum atomic E-state index is -0.573. The molecule has 4 N–H and O–H groups in total. The van der Waals surface area contributed by atoms with Crippen LogP contribution in [0.5, 0.6) is 11.5 Å². The Morgan fingerprint density at radius 1 is 0.524 bits per heavy atom. The lowest BCUT2D eigenvalue weighted by atomic mass is 10.0. The maximum absolute atomic E-state index is 13.9. The van der Waals surface area contributed by atoms with Gasteiger partial charge in [-0.2, -0.15) is 0 Å². The number of nitro groups is 2. The quantitative estimate of drug-likeness (QED) is 0.0443. The van der Waals surface area contributed by atoms with E-state index < -0.39 is 28.1 Å².